The lowest BCUT2D eigenvalue weighted by molar-refractivity contribution is -0.121. The molecule has 1 saturated heterocycles. The van der Waals surface area contributed by atoms with Gasteiger partial charge < -0.3 is 23.8 Å². The molecule has 0 radical (unpaired) electrons. The van der Waals surface area contributed by atoms with Gasteiger partial charge in [-0.05, 0) is 55.8 Å². The first kappa shape index (κ1) is 22.7. The lowest BCUT2D eigenvalue weighted by Crippen LogP contribution is -2.47. The molecule has 1 fully saturated rings. The van der Waals surface area contributed by atoms with Crippen LogP contribution in [0, 0.1) is 0 Å². The molecule has 2 aromatic carbocycles. The van der Waals surface area contributed by atoms with Crippen LogP contribution in [0.2, 0.25) is 0 Å². The number of morpholine rings is 1. The number of imide groups is 1. The predicted molar refractivity (Wildman–Crippen MR) is 124 cm³/mol. The summed E-state index contributed by atoms with van der Waals surface area (Å²) in [5.41, 5.74) is 1.76. The number of methoxy groups -OCH3 is 3. The zero-order valence-electron chi connectivity index (χ0n) is 19.5. The number of amides is 2. The topological polar surface area (TPSA) is 77.5 Å². The standard InChI is InChI=1S/C25H28N2O6/c1-15-13-26(14-16(2)33-15)23-22(17-6-11-20(31-4)21(12-17)32-5)24(28)27(25(23)29)18-7-9-19(30-3)10-8-18/h6-12,15-16H,13-14H2,1-5H3. The third-order valence-electron chi connectivity index (χ3n) is 5.80. The van der Waals surface area contributed by atoms with Crippen molar-refractivity contribution in [2.45, 2.75) is 26.1 Å². The van der Waals surface area contributed by atoms with E-state index < -0.39 is 0 Å². The van der Waals surface area contributed by atoms with E-state index in [1.165, 1.54) is 12.0 Å². The minimum Gasteiger partial charge on any atom is -0.497 e. The van der Waals surface area contributed by atoms with Gasteiger partial charge in [-0.15, -0.1) is 0 Å². The van der Waals surface area contributed by atoms with Crippen LogP contribution in [0.1, 0.15) is 19.4 Å². The number of benzene rings is 2. The Kier molecular flexibility index (Phi) is 6.29. The Bertz CT molecular complexity index is 1080. The predicted octanol–water partition coefficient (Wildman–Crippen LogP) is 3.11. The minimum atomic E-state index is -0.390. The number of anilines is 1. The molecular formula is C25H28N2O6. The van der Waals surface area contributed by atoms with E-state index in [-0.39, 0.29) is 24.0 Å². The first-order valence-electron chi connectivity index (χ1n) is 10.8. The van der Waals surface area contributed by atoms with Crippen molar-refractivity contribution in [1.29, 1.82) is 0 Å². The van der Waals surface area contributed by atoms with Gasteiger partial charge in [-0.1, -0.05) is 6.07 Å². The molecule has 2 aliphatic rings. The largest absolute Gasteiger partial charge is 0.497 e. The van der Waals surface area contributed by atoms with Crippen LogP contribution in [0.5, 0.6) is 17.2 Å². The molecule has 8 heteroatoms. The van der Waals surface area contributed by atoms with E-state index in [4.69, 9.17) is 18.9 Å². The Morgan fingerprint density at radius 3 is 2.03 bits per heavy atom. The summed E-state index contributed by atoms with van der Waals surface area (Å²) in [4.78, 5) is 30.6. The number of rotatable bonds is 6. The van der Waals surface area contributed by atoms with Gasteiger partial charge in [0.1, 0.15) is 11.4 Å². The van der Waals surface area contributed by atoms with E-state index in [0.29, 0.717) is 52.9 Å². The Morgan fingerprint density at radius 1 is 0.818 bits per heavy atom. The molecule has 0 spiro atoms. The zero-order chi connectivity index (χ0) is 23.7. The van der Waals surface area contributed by atoms with E-state index in [2.05, 4.69) is 0 Å². The molecule has 2 atom stereocenters. The van der Waals surface area contributed by atoms with Crippen molar-refractivity contribution in [2.75, 3.05) is 39.3 Å². The highest BCUT2D eigenvalue weighted by Gasteiger charge is 2.44. The summed E-state index contributed by atoms with van der Waals surface area (Å²) < 4.78 is 21.9. The second-order valence-corrected chi connectivity index (χ2v) is 8.10. The van der Waals surface area contributed by atoms with Crippen molar-refractivity contribution in [2.24, 2.45) is 0 Å². The number of nitrogens with zero attached hydrogens (tertiary/aromatic N) is 2. The van der Waals surface area contributed by atoms with Crippen LogP contribution in [0.25, 0.3) is 5.57 Å². The second-order valence-electron chi connectivity index (χ2n) is 8.10. The fourth-order valence-electron chi connectivity index (χ4n) is 4.39. The summed E-state index contributed by atoms with van der Waals surface area (Å²) in [6.07, 6.45) is -0.156. The quantitative estimate of drug-likeness (QED) is 0.624. The number of carbonyl (C=O) groups is 2. The van der Waals surface area contributed by atoms with E-state index in [9.17, 15) is 9.59 Å². The minimum absolute atomic E-state index is 0.0779. The molecule has 2 amide bonds. The van der Waals surface area contributed by atoms with Crippen LogP contribution < -0.4 is 19.1 Å². The Hall–Kier alpha value is -3.52. The number of carbonyl (C=O) groups excluding carboxylic acids is 2. The van der Waals surface area contributed by atoms with Crippen molar-refractivity contribution < 1.29 is 28.5 Å². The summed E-state index contributed by atoms with van der Waals surface area (Å²) in [7, 11) is 4.65. The van der Waals surface area contributed by atoms with Crippen LogP contribution >= 0.6 is 0 Å². The van der Waals surface area contributed by atoms with Gasteiger partial charge in [0.05, 0.1) is 44.8 Å². The monoisotopic (exact) mass is 452 g/mol. The average Bonchev–Trinajstić information content (AvgIpc) is 3.07. The van der Waals surface area contributed by atoms with Crippen molar-refractivity contribution in [3.05, 3.63) is 53.7 Å². The fourth-order valence-corrected chi connectivity index (χ4v) is 4.39. The second kappa shape index (κ2) is 9.15. The molecule has 2 heterocycles. The average molecular weight is 453 g/mol. The van der Waals surface area contributed by atoms with Crippen LogP contribution in [-0.2, 0) is 14.3 Å². The maximum absolute atomic E-state index is 13.7. The van der Waals surface area contributed by atoms with Crippen LogP contribution in [-0.4, -0.2) is 63.3 Å². The molecule has 33 heavy (non-hydrogen) atoms. The first-order chi connectivity index (χ1) is 15.9. The van der Waals surface area contributed by atoms with E-state index in [1.54, 1.807) is 56.7 Å². The van der Waals surface area contributed by atoms with Gasteiger partial charge >= 0.3 is 0 Å². The smallest absolute Gasteiger partial charge is 0.282 e. The highest BCUT2D eigenvalue weighted by atomic mass is 16.5. The summed E-state index contributed by atoms with van der Waals surface area (Å²) >= 11 is 0. The number of hydrogen-bond donors (Lipinski definition) is 0. The highest BCUT2D eigenvalue weighted by molar-refractivity contribution is 6.45. The van der Waals surface area contributed by atoms with Gasteiger partial charge in [0, 0.05) is 13.1 Å². The van der Waals surface area contributed by atoms with Gasteiger partial charge in [-0.3, -0.25) is 9.59 Å². The van der Waals surface area contributed by atoms with Crippen molar-refractivity contribution in [3.8, 4) is 17.2 Å². The van der Waals surface area contributed by atoms with Crippen LogP contribution in [0.4, 0.5) is 5.69 Å². The molecule has 4 rings (SSSR count). The molecule has 0 bridgehead atoms. The third-order valence-corrected chi connectivity index (χ3v) is 5.80. The number of hydrogen-bond acceptors (Lipinski definition) is 7. The van der Waals surface area contributed by atoms with Gasteiger partial charge in [0.25, 0.3) is 11.8 Å². The maximum Gasteiger partial charge on any atom is 0.282 e. The van der Waals surface area contributed by atoms with E-state index in [0.717, 1.165) is 0 Å². The Morgan fingerprint density at radius 2 is 1.45 bits per heavy atom. The van der Waals surface area contributed by atoms with E-state index in [1.807, 2.05) is 18.7 Å². The lowest BCUT2D eigenvalue weighted by atomic mass is 10.0. The maximum atomic E-state index is 13.7. The van der Waals surface area contributed by atoms with Crippen molar-refractivity contribution >= 4 is 23.1 Å². The van der Waals surface area contributed by atoms with Crippen LogP contribution in [0.3, 0.4) is 0 Å². The fraction of sp³-hybridized carbons (Fsp3) is 0.360. The third kappa shape index (κ3) is 4.14. The SMILES string of the molecule is COc1ccc(N2C(=O)C(c3ccc(OC)c(OC)c3)=C(N3CC(C)OC(C)C3)C2=O)cc1. The molecule has 0 aromatic heterocycles. The molecule has 8 nitrogen and oxygen atoms in total. The summed E-state index contributed by atoms with van der Waals surface area (Å²) in [6, 6.07) is 12.1. The number of ether oxygens (including phenoxy) is 4. The molecule has 2 aliphatic heterocycles. The molecule has 174 valence electrons. The summed E-state index contributed by atoms with van der Waals surface area (Å²) in [5.74, 6) is 0.909. The highest BCUT2D eigenvalue weighted by Crippen LogP contribution is 2.39. The zero-order valence-corrected chi connectivity index (χ0v) is 19.5. The first-order valence-corrected chi connectivity index (χ1v) is 10.8. The molecule has 0 aliphatic carbocycles. The Balaban J connectivity index is 1.84. The van der Waals surface area contributed by atoms with Gasteiger partial charge in [0.15, 0.2) is 11.5 Å². The van der Waals surface area contributed by atoms with Crippen molar-refractivity contribution in [3.63, 3.8) is 0 Å². The van der Waals surface area contributed by atoms with Gasteiger partial charge in [-0.25, -0.2) is 4.90 Å². The summed E-state index contributed by atoms with van der Waals surface area (Å²) in [5, 5.41) is 0. The summed E-state index contributed by atoms with van der Waals surface area (Å²) in [6.45, 7) is 4.93. The molecular weight excluding hydrogens is 424 g/mol. The molecule has 0 saturated carbocycles. The van der Waals surface area contributed by atoms with Gasteiger partial charge in [0.2, 0.25) is 0 Å². The van der Waals surface area contributed by atoms with Crippen LogP contribution in [0.15, 0.2) is 48.2 Å². The Labute approximate surface area is 193 Å². The molecule has 2 unspecified atom stereocenters. The van der Waals surface area contributed by atoms with Gasteiger partial charge in [-0.2, -0.15) is 0 Å². The molecule has 0 N–H and O–H groups in total. The van der Waals surface area contributed by atoms with E-state index >= 15 is 0 Å². The molecule has 2 aromatic rings. The normalized spacial score (nSPS) is 21.0. The lowest BCUT2D eigenvalue weighted by Gasteiger charge is -2.37. The van der Waals surface area contributed by atoms with Crippen molar-refractivity contribution in [1.82, 2.24) is 4.90 Å².